The van der Waals surface area contributed by atoms with E-state index >= 15 is 0 Å². The summed E-state index contributed by atoms with van der Waals surface area (Å²) in [4.78, 5) is 1.02. The molecule has 18 heavy (non-hydrogen) atoms. The van der Waals surface area contributed by atoms with E-state index in [1.807, 2.05) is 12.1 Å². The molecule has 0 radical (unpaired) electrons. The van der Waals surface area contributed by atoms with Crippen LogP contribution in [0.5, 0.6) is 0 Å². The van der Waals surface area contributed by atoms with Crippen LogP contribution < -0.4 is 5.32 Å². The van der Waals surface area contributed by atoms with E-state index in [-0.39, 0.29) is 0 Å². The standard InChI is InChI=1S/C13H19Cl2NOS/c1-3-6-16-11(8-17-2)9-18-13-7-10(14)4-5-12(13)15/h4-5,7,11,16H,3,6,8-9H2,1-2H3. The minimum atomic E-state index is 0.329. The van der Waals surface area contributed by atoms with E-state index in [1.165, 1.54) is 0 Å². The van der Waals surface area contributed by atoms with Gasteiger partial charge >= 0.3 is 0 Å². The maximum Gasteiger partial charge on any atom is 0.0624 e. The molecule has 1 unspecified atom stereocenters. The van der Waals surface area contributed by atoms with E-state index in [2.05, 4.69) is 12.2 Å². The van der Waals surface area contributed by atoms with E-state index in [9.17, 15) is 0 Å². The molecule has 1 aromatic rings. The van der Waals surface area contributed by atoms with Crippen molar-refractivity contribution in [2.24, 2.45) is 0 Å². The Balaban J connectivity index is 2.52. The lowest BCUT2D eigenvalue weighted by atomic mass is 10.3. The van der Waals surface area contributed by atoms with Gasteiger partial charge in [-0.1, -0.05) is 30.1 Å². The first-order valence-corrected chi connectivity index (χ1v) is 7.71. The number of hydrogen-bond acceptors (Lipinski definition) is 3. The molecule has 0 spiro atoms. The van der Waals surface area contributed by atoms with Crippen molar-refractivity contribution in [3.63, 3.8) is 0 Å². The minimum absolute atomic E-state index is 0.329. The lowest BCUT2D eigenvalue weighted by molar-refractivity contribution is 0.174. The first-order valence-electron chi connectivity index (χ1n) is 5.97. The molecule has 1 atom stereocenters. The van der Waals surface area contributed by atoms with Crippen molar-refractivity contribution in [1.29, 1.82) is 0 Å². The fourth-order valence-corrected chi connectivity index (χ4v) is 3.02. The summed E-state index contributed by atoms with van der Waals surface area (Å²) in [6.07, 6.45) is 1.11. The third-order valence-corrected chi connectivity index (χ3v) is 4.28. The third-order valence-electron chi connectivity index (χ3n) is 2.38. The molecule has 1 N–H and O–H groups in total. The second-order valence-corrected chi connectivity index (χ2v) is 5.90. The number of methoxy groups -OCH3 is 1. The van der Waals surface area contributed by atoms with Crippen LogP contribution >= 0.6 is 35.0 Å². The number of benzene rings is 1. The van der Waals surface area contributed by atoms with E-state index < -0.39 is 0 Å². The van der Waals surface area contributed by atoms with Gasteiger partial charge in [0.15, 0.2) is 0 Å². The Hall–Kier alpha value is 0.0700. The van der Waals surface area contributed by atoms with Crippen molar-refractivity contribution in [2.45, 2.75) is 24.3 Å². The number of nitrogens with one attached hydrogen (secondary N) is 1. The second kappa shape index (κ2) is 9.05. The van der Waals surface area contributed by atoms with Gasteiger partial charge in [0.2, 0.25) is 0 Å². The highest BCUT2D eigenvalue weighted by Crippen LogP contribution is 2.30. The Kier molecular flexibility index (Phi) is 8.11. The molecule has 0 amide bonds. The fraction of sp³-hybridized carbons (Fsp3) is 0.538. The van der Waals surface area contributed by atoms with Crippen LogP contribution in [0.25, 0.3) is 0 Å². The van der Waals surface area contributed by atoms with Gasteiger partial charge in [-0.3, -0.25) is 0 Å². The lowest BCUT2D eigenvalue weighted by Crippen LogP contribution is -2.35. The van der Waals surface area contributed by atoms with Gasteiger partial charge in [-0.25, -0.2) is 0 Å². The maximum absolute atomic E-state index is 6.13. The number of rotatable bonds is 8. The molecule has 5 heteroatoms. The summed E-state index contributed by atoms with van der Waals surface area (Å²) in [5, 5.41) is 4.91. The summed E-state index contributed by atoms with van der Waals surface area (Å²) in [6, 6.07) is 5.86. The first kappa shape index (κ1) is 16.1. The van der Waals surface area contributed by atoms with E-state index in [0.717, 1.165) is 28.6 Å². The molecular formula is C13H19Cl2NOS. The van der Waals surface area contributed by atoms with E-state index in [4.69, 9.17) is 27.9 Å². The van der Waals surface area contributed by atoms with E-state index in [1.54, 1.807) is 24.9 Å². The Bertz CT molecular complexity index is 363. The van der Waals surface area contributed by atoms with E-state index in [0.29, 0.717) is 17.7 Å². The Morgan fingerprint density at radius 1 is 1.39 bits per heavy atom. The zero-order valence-electron chi connectivity index (χ0n) is 10.7. The summed E-state index contributed by atoms with van der Waals surface area (Å²) >= 11 is 13.8. The highest BCUT2D eigenvalue weighted by molar-refractivity contribution is 7.99. The monoisotopic (exact) mass is 307 g/mol. The summed E-state index contributed by atoms with van der Waals surface area (Å²) in [5.41, 5.74) is 0. The zero-order valence-corrected chi connectivity index (χ0v) is 13.0. The quantitative estimate of drug-likeness (QED) is 0.731. The van der Waals surface area contributed by atoms with Crippen molar-refractivity contribution in [2.75, 3.05) is 26.0 Å². The van der Waals surface area contributed by atoms with Crippen LogP contribution in [0.1, 0.15) is 13.3 Å². The predicted octanol–water partition coefficient (Wildman–Crippen LogP) is 4.10. The Labute approximate surface area is 123 Å². The predicted molar refractivity (Wildman–Crippen MR) is 81.1 cm³/mol. The van der Waals surface area contributed by atoms with Gasteiger partial charge in [-0.15, -0.1) is 11.8 Å². The number of ether oxygens (including phenoxy) is 1. The number of halogens is 2. The van der Waals surface area contributed by atoms with Crippen LogP contribution in [-0.2, 0) is 4.74 Å². The van der Waals surface area contributed by atoms with Gasteiger partial charge in [0.25, 0.3) is 0 Å². The van der Waals surface area contributed by atoms with Gasteiger partial charge in [0.05, 0.1) is 11.6 Å². The smallest absolute Gasteiger partial charge is 0.0624 e. The molecule has 0 aliphatic rings. The maximum atomic E-state index is 6.13. The molecule has 1 aromatic carbocycles. The van der Waals surface area contributed by atoms with Gasteiger partial charge < -0.3 is 10.1 Å². The molecule has 0 saturated carbocycles. The second-order valence-electron chi connectivity index (χ2n) is 3.99. The van der Waals surface area contributed by atoms with Crippen molar-refractivity contribution in [1.82, 2.24) is 5.32 Å². The molecular weight excluding hydrogens is 289 g/mol. The average Bonchev–Trinajstić information content (AvgIpc) is 2.36. The van der Waals surface area contributed by atoms with Gasteiger partial charge in [-0.05, 0) is 31.2 Å². The van der Waals surface area contributed by atoms with Crippen LogP contribution in [0.3, 0.4) is 0 Å². The van der Waals surface area contributed by atoms with Gasteiger partial charge in [0.1, 0.15) is 0 Å². The molecule has 1 rings (SSSR count). The fourth-order valence-electron chi connectivity index (χ4n) is 1.49. The summed E-state index contributed by atoms with van der Waals surface area (Å²) in [5.74, 6) is 0.911. The Morgan fingerprint density at radius 3 is 2.83 bits per heavy atom. The lowest BCUT2D eigenvalue weighted by Gasteiger charge is -2.17. The van der Waals surface area contributed by atoms with Gasteiger partial charge in [0, 0.05) is 28.8 Å². The summed E-state index contributed by atoms with van der Waals surface area (Å²) in [6.45, 7) is 3.85. The van der Waals surface area contributed by atoms with Gasteiger partial charge in [-0.2, -0.15) is 0 Å². The van der Waals surface area contributed by atoms with Crippen LogP contribution in [0.15, 0.2) is 23.1 Å². The molecule has 2 nitrogen and oxygen atoms in total. The molecule has 0 aliphatic heterocycles. The van der Waals surface area contributed by atoms with Crippen LogP contribution in [0.4, 0.5) is 0 Å². The first-order chi connectivity index (χ1) is 8.67. The van der Waals surface area contributed by atoms with Crippen LogP contribution in [0.2, 0.25) is 10.0 Å². The van der Waals surface area contributed by atoms with Crippen LogP contribution in [-0.4, -0.2) is 32.1 Å². The zero-order chi connectivity index (χ0) is 13.4. The molecule has 0 bridgehead atoms. The topological polar surface area (TPSA) is 21.3 Å². The summed E-state index contributed by atoms with van der Waals surface area (Å²) < 4.78 is 5.21. The largest absolute Gasteiger partial charge is 0.383 e. The van der Waals surface area contributed by atoms with Crippen molar-refractivity contribution >= 4 is 35.0 Å². The molecule has 0 heterocycles. The molecule has 0 fully saturated rings. The molecule has 0 saturated heterocycles. The normalized spacial score (nSPS) is 12.7. The Morgan fingerprint density at radius 2 is 2.17 bits per heavy atom. The van der Waals surface area contributed by atoms with Crippen molar-refractivity contribution in [3.8, 4) is 0 Å². The summed E-state index contributed by atoms with van der Waals surface area (Å²) in [7, 11) is 1.72. The average molecular weight is 308 g/mol. The molecule has 102 valence electrons. The highest BCUT2D eigenvalue weighted by atomic mass is 35.5. The highest BCUT2D eigenvalue weighted by Gasteiger charge is 2.10. The minimum Gasteiger partial charge on any atom is -0.383 e. The third kappa shape index (κ3) is 5.81. The van der Waals surface area contributed by atoms with Crippen molar-refractivity contribution in [3.05, 3.63) is 28.2 Å². The SMILES string of the molecule is CCCNC(COC)CSc1cc(Cl)ccc1Cl. The molecule has 0 aromatic heterocycles. The van der Waals surface area contributed by atoms with Crippen molar-refractivity contribution < 1.29 is 4.74 Å². The number of thioether (sulfide) groups is 1. The molecule has 0 aliphatic carbocycles. The van der Waals surface area contributed by atoms with Crippen LogP contribution in [0, 0.1) is 0 Å². The number of hydrogen-bond donors (Lipinski definition) is 1.